The van der Waals surface area contributed by atoms with Gasteiger partial charge >= 0.3 is 0 Å². The summed E-state index contributed by atoms with van der Waals surface area (Å²) >= 11 is 0. The third-order valence-electron chi connectivity index (χ3n) is 5.40. The van der Waals surface area contributed by atoms with Gasteiger partial charge in [0, 0.05) is 16.2 Å². The van der Waals surface area contributed by atoms with Crippen LogP contribution in [0.5, 0.6) is 0 Å². The Morgan fingerprint density at radius 3 is 2.23 bits per heavy atom. The highest BCUT2D eigenvalue weighted by molar-refractivity contribution is 7.94. The van der Waals surface area contributed by atoms with E-state index < -0.39 is 15.7 Å². The van der Waals surface area contributed by atoms with Gasteiger partial charge in [-0.1, -0.05) is 62.2 Å². The smallest absolute Gasteiger partial charge is 0.200 e. The number of sulfone groups is 1. The molecule has 158 valence electrons. The minimum atomic E-state index is -3.75. The van der Waals surface area contributed by atoms with E-state index in [1.165, 1.54) is 29.7 Å². The van der Waals surface area contributed by atoms with E-state index in [-0.39, 0.29) is 4.90 Å². The molecule has 1 heterocycles. The van der Waals surface area contributed by atoms with Crippen LogP contribution in [0.15, 0.2) is 83.1 Å². The Hall–Kier alpha value is -3.05. The van der Waals surface area contributed by atoms with Crippen molar-refractivity contribution in [1.82, 2.24) is 4.98 Å². The van der Waals surface area contributed by atoms with Crippen LogP contribution in [0.25, 0.3) is 27.2 Å². The summed E-state index contributed by atoms with van der Waals surface area (Å²) in [5.41, 5.74) is 2.20. The molecule has 0 aliphatic heterocycles. The van der Waals surface area contributed by atoms with E-state index in [0.29, 0.717) is 17.7 Å². The van der Waals surface area contributed by atoms with Crippen molar-refractivity contribution in [2.45, 2.75) is 37.5 Å². The summed E-state index contributed by atoms with van der Waals surface area (Å²) < 4.78 is 39.6. The highest BCUT2D eigenvalue weighted by Gasteiger charge is 2.17. The van der Waals surface area contributed by atoms with E-state index in [1.807, 2.05) is 48.5 Å². The molecule has 0 radical (unpaired) electrons. The van der Waals surface area contributed by atoms with E-state index >= 15 is 0 Å². The first-order valence-corrected chi connectivity index (χ1v) is 12.0. The average Bonchev–Trinajstić information content (AvgIpc) is 2.78. The number of fused-ring (bicyclic) bond motifs is 3. The maximum absolute atomic E-state index is 13.3. The number of benzene rings is 3. The van der Waals surface area contributed by atoms with Crippen LogP contribution >= 0.6 is 0 Å². The molecule has 3 nitrogen and oxygen atoms in total. The molecule has 4 rings (SSSR count). The highest BCUT2D eigenvalue weighted by atomic mass is 32.2. The lowest BCUT2D eigenvalue weighted by atomic mass is 9.98. The van der Waals surface area contributed by atoms with Gasteiger partial charge in [0.25, 0.3) is 0 Å². The van der Waals surface area contributed by atoms with Gasteiger partial charge in [-0.15, -0.1) is 0 Å². The van der Waals surface area contributed by atoms with E-state index in [0.717, 1.165) is 40.9 Å². The summed E-state index contributed by atoms with van der Waals surface area (Å²) in [6.07, 6.45) is 3.50. The predicted octanol–water partition coefficient (Wildman–Crippen LogP) is 6.92. The van der Waals surface area contributed by atoms with Crippen molar-refractivity contribution in [3.63, 3.8) is 0 Å². The summed E-state index contributed by atoms with van der Waals surface area (Å²) in [7, 11) is -3.75. The Morgan fingerprint density at radius 2 is 1.52 bits per heavy atom. The van der Waals surface area contributed by atoms with E-state index in [1.54, 1.807) is 0 Å². The number of hydrogen-bond acceptors (Lipinski definition) is 3. The molecule has 4 aromatic rings. The van der Waals surface area contributed by atoms with Crippen LogP contribution in [0, 0.1) is 5.82 Å². The molecule has 5 heteroatoms. The largest absolute Gasteiger partial charge is 0.247 e. The fourth-order valence-electron chi connectivity index (χ4n) is 3.83. The Labute approximate surface area is 182 Å². The lowest BCUT2D eigenvalue weighted by molar-refractivity contribution is 0.603. The second kappa shape index (κ2) is 8.98. The first kappa shape index (κ1) is 21.2. The average molecular weight is 434 g/mol. The van der Waals surface area contributed by atoms with Crippen molar-refractivity contribution in [3.8, 4) is 0 Å². The fourth-order valence-corrected chi connectivity index (χ4v) is 5.08. The number of rotatable bonds is 7. The molecular weight excluding hydrogens is 409 g/mol. The van der Waals surface area contributed by atoms with Gasteiger partial charge in [-0.3, -0.25) is 0 Å². The summed E-state index contributed by atoms with van der Waals surface area (Å²) in [5.74, 6) is -0.465. The van der Waals surface area contributed by atoms with Gasteiger partial charge in [0.15, 0.2) is 9.84 Å². The number of aromatic nitrogens is 1. The fraction of sp³-hybridized carbons (Fsp3) is 0.192. The second-order valence-electron chi connectivity index (χ2n) is 7.62. The Kier molecular flexibility index (Phi) is 6.14. The van der Waals surface area contributed by atoms with E-state index in [4.69, 9.17) is 4.98 Å². The third-order valence-corrected chi connectivity index (χ3v) is 6.93. The van der Waals surface area contributed by atoms with Crippen molar-refractivity contribution in [2.75, 3.05) is 0 Å². The van der Waals surface area contributed by atoms with Crippen LogP contribution < -0.4 is 0 Å². The summed E-state index contributed by atoms with van der Waals surface area (Å²) in [5, 5.41) is 4.33. The SMILES string of the molecule is CCCCC/C(=C\S(=O)(=O)c1ccc(F)cc1)c1nc2ccccc2c2ccccc12. The molecule has 0 aliphatic carbocycles. The van der Waals surface area contributed by atoms with Crippen LogP contribution in [0.2, 0.25) is 0 Å². The van der Waals surface area contributed by atoms with Gasteiger partial charge in [0.05, 0.1) is 16.1 Å². The van der Waals surface area contributed by atoms with Crippen LogP contribution in [-0.2, 0) is 9.84 Å². The summed E-state index contributed by atoms with van der Waals surface area (Å²) in [4.78, 5) is 4.96. The van der Waals surface area contributed by atoms with Crippen molar-refractivity contribution in [3.05, 3.63) is 89.7 Å². The van der Waals surface area contributed by atoms with Crippen molar-refractivity contribution in [1.29, 1.82) is 0 Å². The Balaban J connectivity index is 1.93. The molecule has 0 saturated carbocycles. The zero-order valence-electron chi connectivity index (χ0n) is 17.4. The number of nitrogens with zero attached hydrogens (tertiary/aromatic N) is 1. The molecule has 0 spiro atoms. The molecule has 0 unspecified atom stereocenters. The molecule has 0 bridgehead atoms. The molecular formula is C26H24FNO2S. The molecule has 0 amide bonds. The standard InChI is InChI=1S/C26H24FNO2S/c1-2-3-4-9-19(18-31(29,30)21-16-14-20(27)15-17-21)26-24-12-6-5-10-22(24)23-11-7-8-13-25(23)28-26/h5-8,10-18H,2-4,9H2,1H3/b19-18+. The maximum atomic E-state index is 13.3. The second-order valence-corrected chi connectivity index (χ2v) is 9.42. The Morgan fingerprint density at radius 1 is 0.871 bits per heavy atom. The van der Waals surface area contributed by atoms with Gasteiger partial charge in [0.2, 0.25) is 0 Å². The minimum Gasteiger partial charge on any atom is -0.247 e. The van der Waals surface area contributed by atoms with E-state index in [9.17, 15) is 12.8 Å². The van der Waals surface area contributed by atoms with Crippen molar-refractivity contribution in [2.24, 2.45) is 0 Å². The molecule has 3 aromatic carbocycles. The normalized spacial score (nSPS) is 12.5. The van der Waals surface area contributed by atoms with Gasteiger partial charge in [-0.05, 0) is 54.1 Å². The first-order valence-electron chi connectivity index (χ1n) is 10.5. The maximum Gasteiger partial charge on any atom is 0.200 e. The van der Waals surface area contributed by atoms with Crippen LogP contribution in [0.4, 0.5) is 4.39 Å². The molecule has 0 N–H and O–H groups in total. The van der Waals surface area contributed by atoms with Gasteiger partial charge in [-0.25, -0.2) is 17.8 Å². The lowest BCUT2D eigenvalue weighted by Gasteiger charge is -2.13. The number of unbranched alkanes of at least 4 members (excludes halogenated alkanes) is 2. The van der Waals surface area contributed by atoms with Crippen LogP contribution in [0.1, 0.15) is 38.3 Å². The van der Waals surface area contributed by atoms with Gasteiger partial charge in [0.1, 0.15) is 5.82 Å². The van der Waals surface area contributed by atoms with Crippen molar-refractivity contribution >= 4 is 37.1 Å². The summed E-state index contributed by atoms with van der Waals surface area (Å²) in [6.45, 7) is 2.11. The summed E-state index contributed by atoms with van der Waals surface area (Å²) in [6, 6.07) is 20.8. The Bertz CT molecular complexity index is 1360. The third kappa shape index (κ3) is 4.52. The number of pyridine rings is 1. The van der Waals surface area contributed by atoms with Gasteiger partial charge in [-0.2, -0.15) is 0 Å². The zero-order chi connectivity index (χ0) is 21.8. The topological polar surface area (TPSA) is 47.0 Å². The monoisotopic (exact) mass is 433 g/mol. The molecule has 0 saturated heterocycles. The van der Waals surface area contributed by atoms with Crippen molar-refractivity contribution < 1.29 is 12.8 Å². The predicted molar refractivity (Wildman–Crippen MR) is 125 cm³/mol. The molecule has 0 fully saturated rings. The number of hydrogen-bond donors (Lipinski definition) is 0. The van der Waals surface area contributed by atoms with Gasteiger partial charge < -0.3 is 0 Å². The van der Waals surface area contributed by atoms with E-state index in [2.05, 4.69) is 6.92 Å². The molecule has 31 heavy (non-hydrogen) atoms. The number of allylic oxidation sites excluding steroid dienone is 1. The first-order chi connectivity index (χ1) is 15.0. The molecule has 0 aliphatic rings. The molecule has 1 aromatic heterocycles. The number of halogens is 1. The quantitative estimate of drug-likeness (QED) is 0.180. The highest BCUT2D eigenvalue weighted by Crippen LogP contribution is 2.33. The molecule has 0 atom stereocenters. The zero-order valence-corrected chi connectivity index (χ0v) is 18.2. The lowest BCUT2D eigenvalue weighted by Crippen LogP contribution is -2.01. The minimum absolute atomic E-state index is 0.0759. The van der Waals surface area contributed by atoms with Crippen LogP contribution in [0.3, 0.4) is 0 Å². The van der Waals surface area contributed by atoms with Crippen LogP contribution in [-0.4, -0.2) is 13.4 Å². The number of para-hydroxylation sites is 1.